The fourth-order valence-electron chi connectivity index (χ4n) is 2.45. The largest absolute Gasteiger partial charge is 0.384 e. The normalized spacial score (nSPS) is 19.6. The van der Waals surface area contributed by atoms with Crippen molar-refractivity contribution in [1.82, 2.24) is 9.44 Å². The van der Waals surface area contributed by atoms with Gasteiger partial charge in [-0.05, 0) is 37.5 Å². The summed E-state index contributed by atoms with van der Waals surface area (Å²) in [5.41, 5.74) is -0.690. The van der Waals surface area contributed by atoms with Crippen LogP contribution in [0.25, 0.3) is 0 Å². The van der Waals surface area contributed by atoms with Crippen LogP contribution in [0.3, 0.4) is 0 Å². The summed E-state index contributed by atoms with van der Waals surface area (Å²) >= 11 is 5.80. The predicted octanol–water partition coefficient (Wildman–Crippen LogP) is 1.91. The van der Waals surface area contributed by atoms with E-state index in [0.29, 0.717) is 10.6 Å². The first kappa shape index (κ1) is 16.7. The number of hydrogen-bond acceptors (Lipinski definition) is 3. The second kappa shape index (κ2) is 6.62. The zero-order valence-electron chi connectivity index (χ0n) is 12.0. The van der Waals surface area contributed by atoms with Crippen LogP contribution in [-0.2, 0) is 15.8 Å². The van der Waals surface area contributed by atoms with E-state index < -0.39 is 15.8 Å². The highest BCUT2D eigenvalue weighted by Gasteiger charge is 2.27. The van der Waals surface area contributed by atoms with Crippen molar-refractivity contribution in [3.05, 3.63) is 34.9 Å². The van der Waals surface area contributed by atoms with Crippen molar-refractivity contribution >= 4 is 21.8 Å². The number of rotatable bonds is 6. The van der Waals surface area contributed by atoms with Gasteiger partial charge in [-0.3, -0.25) is 0 Å². The van der Waals surface area contributed by atoms with Crippen molar-refractivity contribution in [1.29, 1.82) is 0 Å². The van der Waals surface area contributed by atoms with Crippen LogP contribution in [0.4, 0.5) is 0 Å². The molecule has 1 aromatic rings. The number of aliphatic hydroxyl groups is 1. The molecule has 1 aliphatic carbocycles. The molecule has 1 fully saturated rings. The second-order valence-corrected chi connectivity index (χ2v) is 7.67. The van der Waals surface area contributed by atoms with Crippen LogP contribution >= 0.6 is 11.6 Å². The minimum Gasteiger partial charge on any atom is -0.384 e. The third kappa shape index (κ3) is 4.93. The Labute approximate surface area is 130 Å². The Hall–Kier alpha value is -0.660. The molecule has 1 aromatic carbocycles. The molecular formula is C14H21ClN2O3S. The van der Waals surface area contributed by atoms with E-state index in [1.807, 2.05) is 0 Å². The summed E-state index contributed by atoms with van der Waals surface area (Å²) in [5.74, 6) is 0. The summed E-state index contributed by atoms with van der Waals surface area (Å²) < 4.78 is 29.0. The molecule has 21 heavy (non-hydrogen) atoms. The molecule has 1 saturated carbocycles. The summed E-state index contributed by atoms with van der Waals surface area (Å²) in [6.07, 6.45) is 3.84. The van der Waals surface area contributed by atoms with Crippen molar-refractivity contribution in [2.24, 2.45) is 0 Å². The number of halogens is 1. The summed E-state index contributed by atoms with van der Waals surface area (Å²) in [6, 6.07) is 6.69. The van der Waals surface area contributed by atoms with E-state index >= 15 is 0 Å². The SMILES string of the molecule is CC(O)(CNS(=O)(=O)NC1CCCC1)c1ccc(Cl)cc1. The molecule has 2 rings (SSSR count). The maximum atomic E-state index is 12.0. The third-order valence-corrected chi connectivity index (χ3v) is 5.17. The Kier molecular flexibility index (Phi) is 5.27. The van der Waals surface area contributed by atoms with Crippen molar-refractivity contribution in [2.75, 3.05) is 6.54 Å². The van der Waals surface area contributed by atoms with Gasteiger partial charge in [0.1, 0.15) is 5.60 Å². The lowest BCUT2D eigenvalue weighted by atomic mass is 9.97. The van der Waals surface area contributed by atoms with Gasteiger partial charge < -0.3 is 5.11 Å². The van der Waals surface area contributed by atoms with E-state index in [1.54, 1.807) is 31.2 Å². The zero-order chi connectivity index (χ0) is 15.5. The molecule has 0 saturated heterocycles. The average molecular weight is 333 g/mol. The van der Waals surface area contributed by atoms with Crippen LogP contribution in [0.1, 0.15) is 38.2 Å². The van der Waals surface area contributed by atoms with Gasteiger partial charge in [0.25, 0.3) is 10.2 Å². The van der Waals surface area contributed by atoms with E-state index in [-0.39, 0.29) is 12.6 Å². The molecule has 7 heteroatoms. The maximum absolute atomic E-state index is 12.0. The van der Waals surface area contributed by atoms with Crippen LogP contribution in [-0.4, -0.2) is 26.1 Å². The summed E-state index contributed by atoms with van der Waals surface area (Å²) in [6.45, 7) is 1.46. The average Bonchev–Trinajstić information content (AvgIpc) is 2.89. The Morgan fingerprint density at radius 3 is 2.43 bits per heavy atom. The molecule has 0 spiro atoms. The van der Waals surface area contributed by atoms with Gasteiger partial charge in [0, 0.05) is 17.6 Å². The van der Waals surface area contributed by atoms with Gasteiger partial charge in [-0.2, -0.15) is 17.9 Å². The van der Waals surface area contributed by atoms with Crippen molar-refractivity contribution in [3.8, 4) is 0 Å². The minimum absolute atomic E-state index is 0.00276. The fraction of sp³-hybridized carbons (Fsp3) is 0.571. The molecule has 0 amide bonds. The molecule has 5 nitrogen and oxygen atoms in total. The van der Waals surface area contributed by atoms with E-state index in [9.17, 15) is 13.5 Å². The number of nitrogens with one attached hydrogen (secondary N) is 2. The van der Waals surface area contributed by atoms with Gasteiger partial charge >= 0.3 is 0 Å². The Morgan fingerprint density at radius 2 is 1.86 bits per heavy atom. The molecule has 1 atom stereocenters. The van der Waals surface area contributed by atoms with Crippen LogP contribution in [0.2, 0.25) is 5.02 Å². The quantitative estimate of drug-likeness (QED) is 0.744. The Balaban J connectivity index is 1.95. The maximum Gasteiger partial charge on any atom is 0.277 e. The highest BCUT2D eigenvalue weighted by atomic mass is 35.5. The monoisotopic (exact) mass is 332 g/mol. The summed E-state index contributed by atoms with van der Waals surface area (Å²) in [4.78, 5) is 0. The van der Waals surface area contributed by atoms with Gasteiger partial charge in [-0.25, -0.2) is 0 Å². The summed E-state index contributed by atoms with van der Waals surface area (Å²) in [7, 11) is -3.60. The zero-order valence-corrected chi connectivity index (χ0v) is 13.5. The van der Waals surface area contributed by atoms with Gasteiger partial charge in [0.05, 0.1) is 0 Å². The molecular weight excluding hydrogens is 312 g/mol. The van der Waals surface area contributed by atoms with Gasteiger partial charge in [0.15, 0.2) is 0 Å². The molecule has 0 radical (unpaired) electrons. The van der Waals surface area contributed by atoms with E-state index in [0.717, 1.165) is 25.7 Å². The lowest BCUT2D eigenvalue weighted by Gasteiger charge is -2.25. The van der Waals surface area contributed by atoms with Crippen LogP contribution in [0, 0.1) is 0 Å². The fourth-order valence-corrected chi connectivity index (χ4v) is 3.81. The molecule has 1 unspecified atom stereocenters. The van der Waals surface area contributed by atoms with Crippen molar-refractivity contribution in [3.63, 3.8) is 0 Å². The highest BCUT2D eigenvalue weighted by Crippen LogP contribution is 2.22. The minimum atomic E-state index is -3.60. The Bertz CT molecular complexity index is 566. The molecule has 0 aromatic heterocycles. The molecule has 118 valence electrons. The first-order valence-corrected chi connectivity index (χ1v) is 8.90. The van der Waals surface area contributed by atoms with Crippen molar-refractivity contribution < 1.29 is 13.5 Å². The lowest BCUT2D eigenvalue weighted by Crippen LogP contribution is -2.46. The van der Waals surface area contributed by atoms with E-state index in [1.165, 1.54) is 0 Å². The standard InChI is InChI=1S/C14H21ClN2O3S/c1-14(18,11-6-8-12(15)9-7-11)10-16-21(19,20)17-13-4-2-3-5-13/h6-9,13,16-18H,2-5,10H2,1H3. The predicted molar refractivity (Wildman–Crippen MR) is 83.3 cm³/mol. The Morgan fingerprint density at radius 1 is 1.29 bits per heavy atom. The smallest absolute Gasteiger partial charge is 0.277 e. The van der Waals surface area contributed by atoms with Crippen LogP contribution < -0.4 is 9.44 Å². The molecule has 3 N–H and O–H groups in total. The molecule has 0 bridgehead atoms. The second-order valence-electron chi connectivity index (χ2n) is 5.70. The van der Waals surface area contributed by atoms with Crippen LogP contribution in [0.5, 0.6) is 0 Å². The van der Waals surface area contributed by atoms with E-state index in [4.69, 9.17) is 11.6 Å². The van der Waals surface area contributed by atoms with Crippen LogP contribution in [0.15, 0.2) is 24.3 Å². The molecule has 0 heterocycles. The lowest BCUT2D eigenvalue weighted by molar-refractivity contribution is 0.0626. The summed E-state index contributed by atoms with van der Waals surface area (Å²) in [5, 5.41) is 11.0. The number of hydrogen-bond donors (Lipinski definition) is 3. The topological polar surface area (TPSA) is 78.4 Å². The number of benzene rings is 1. The van der Waals surface area contributed by atoms with Gasteiger partial charge in [0.2, 0.25) is 0 Å². The molecule has 1 aliphatic rings. The van der Waals surface area contributed by atoms with Gasteiger partial charge in [-0.15, -0.1) is 0 Å². The first-order valence-electron chi connectivity index (χ1n) is 7.04. The molecule has 0 aliphatic heterocycles. The first-order chi connectivity index (χ1) is 9.78. The third-order valence-electron chi connectivity index (χ3n) is 3.75. The van der Waals surface area contributed by atoms with Crippen molar-refractivity contribution in [2.45, 2.75) is 44.2 Å². The van der Waals surface area contributed by atoms with Gasteiger partial charge in [-0.1, -0.05) is 36.6 Å². The van der Waals surface area contributed by atoms with E-state index in [2.05, 4.69) is 9.44 Å². The highest BCUT2D eigenvalue weighted by molar-refractivity contribution is 7.87.